The van der Waals surface area contributed by atoms with Gasteiger partial charge in [0.05, 0.1) is 18.8 Å². The van der Waals surface area contributed by atoms with Crippen LogP contribution in [0.4, 0.5) is 11.4 Å². The number of benzene rings is 2. The van der Waals surface area contributed by atoms with Crippen LogP contribution in [0, 0.1) is 0 Å². The molecule has 6 heteroatoms. The molecule has 2 aromatic carbocycles. The predicted molar refractivity (Wildman–Crippen MR) is 99.6 cm³/mol. The first-order valence-electron chi connectivity index (χ1n) is 8.78. The number of ether oxygens (including phenoxy) is 1. The molecule has 0 unspecified atom stereocenters. The van der Waals surface area contributed by atoms with E-state index in [1.54, 1.807) is 7.05 Å². The van der Waals surface area contributed by atoms with Gasteiger partial charge in [-0.3, -0.25) is 9.59 Å². The molecule has 0 saturated carbocycles. The standard InChI is InChI=1S/C20H21N3O3/c1-21-20(25)18-12-22(16-8-4-5-9-17(16)26-18)13-19(24)23-11-10-14-6-2-3-7-15(14)23/h2-9,18H,10-13H2,1H3,(H,21,25)/t18-/m0/s1. The van der Waals surface area contributed by atoms with Crippen molar-refractivity contribution in [3.8, 4) is 5.75 Å². The highest BCUT2D eigenvalue weighted by Crippen LogP contribution is 2.34. The molecule has 0 aromatic heterocycles. The van der Waals surface area contributed by atoms with Gasteiger partial charge in [-0.1, -0.05) is 30.3 Å². The minimum atomic E-state index is -0.631. The van der Waals surface area contributed by atoms with Gasteiger partial charge >= 0.3 is 0 Å². The maximum atomic E-state index is 13.0. The van der Waals surface area contributed by atoms with Gasteiger partial charge in [-0.05, 0) is 30.2 Å². The van der Waals surface area contributed by atoms with Crippen molar-refractivity contribution in [3.63, 3.8) is 0 Å². The Hall–Kier alpha value is -3.02. The fourth-order valence-electron chi connectivity index (χ4n) is 3.60. The number of para-hydroxylation sites is 3. The van der Waals surface area contributed by atoms with E-state index < -0.39 is 6.10 Å². The molecule has 134 valence electrons. The van der Waals surface area contributed by atoms with Gasteiger partial charge in [0.2, 0.25) is 5.91 Å². The molecule has 2 aliphatic heterocycles. The second-order valence-corrected chi connectivity index (χ2v) is 6.49. The molecule has 0 spiro atoms. The minimum absolute atomic E-state index is 0.0299. The molecular weight excluding hydrogens is 330 g/mol. The Morgan fingerprint density at radius 1 is 1.12 bits per heavy atom. The Labute approximate surface area is 152 Å². The average molecular weight is 351 g/mol. The molecule has 0 fully saturated rings. The molecule has 26 heavy (non-hydrogen) atoms. The molecule has 6 nitrogen and oxygen atoms in total. The van der Waals surface area contributed by atoms with E-state index in [1.165, 1.54) is 5.56 Å². The molecular formula is C20H21N3O3. The van der Waals surface area contributed by atoms with Crippen molar-refractivity contribution in [2.75, 3.05) is 36.5 Å². The SMILES string of the molecule is CNC(=O)[C@@H]1CN(CC(=O)N2CCc3ccccc32)c2ccccc2O1. The Balaban J connectivity index is 1.57. The van der Waals surface area contributed by atoms with E-state index in [0.717, 1.165) is 17.8 Å². The maximum absolute atomic E-state index is 13.0. The topological polar surface area (TPSA) is 61.9 Å². The third kappa shape index (κ3) is 2.87. The molecule has 4 rings (SSSR count). The van der Waals surface area contributed by atoms with Crippen LogP contribution in [0.1, 0.15) is 5.56 Å². The first-order valence-corrected chi connectivity index (χ1v) is 8.78. The van der Waals surface area contributed by atoms with Gasteiger partial charge in [0.15, 0.2) is 6.10 Å². The van der Waals surface area contributed by atoms with E-state index in [0.29, 0.717) is 18.8 Å². The third-order valence-electron chi connectivity index (χ3n) is 4.91. The Morgan fingerprint density at radius 3 is 2.65 bits per heavy atom. The molecule has 2 aliphatic rings. The molecule has 0 radical (unpaired) electrons. The van der Waals surface area contributed by atoms with E-state index in [9.17, 15) is 9.59 Å². The molecule has 2 heterocycles. The summed E-state index contributed by atoms with van der Waals surface area (Å²) in [7, 11) is 1.59. The number of likely N-dealkylation sites (N-methyl/N-ethyl adjacent to an activating group) is 1. The minimum Gasteiger partial charge on any atom is -0.477 e. The lowest BCUT2D eigenvalue weighted by Gasteiger charge is -2.35. The summed E-state index contributed by atoms with van der Waals surface area (Å²) in [6.45, 7) is 1.25. The van der Waals surface area contributed by atoms with Crippen molar-refractivity contribution in [2.45, 2.75) is 12.5 Å². The maximum Gasteiger partial charge on any atom is 0.262 e. The number of anilines is 2. The number of fused-ring (bicyclic) bond motifs is 2. The lowest BCUT2D eigenvalue weighted by molar-refractivity contribution is -0.127. The molecule has 2 amide bonds. The zero-order chi connectivity index (χ0) is 18.1. The van der Waals surface area contributed by atoms with Crippen LogP contribution in [-0.2, 0) is 16.0 Å². The number of carbonyl (C=O) groups excluding carboxylic acids is 2. The highest BCUT2D eigenvalue weighted by molar-refractivity contribution is 5.98. The number of rotatable bonds is 3. The van der Waals surface area contributed by atoms with E-state index >= 15 is 0 Å². The molecule has 2 aromatic rings. The summed E-state index contributed by atoms with van der Waals surface area (Å²) >= 11 is 0. The van der Waals surface area contributed by atoms with Gasteiger partial charge < -0.3 is 19.9 Å². The number of nitrogens with one attached hydrogen (secondary N) is 1. The van der Waals surface area contributed by atoms with Gasteiger partial charge in [0.25, 0.3) is 5.91 Å². The van der Waals surface area contributed by atoms with Crippen LogP contribution < -0.4 is 19.9 Å². The van der Waals surface area contributed by atoms with Crippen molar-refractivity contribution in [1.29, 1.82) is 0 Å². The number of amides is 2. The lowest BCUT2D eigenvalue weighted by Crippen LogP contribution is -2.51. The molecule has 1 atom stereocenters. The second-order valence-electron chi connectivity index (χ2n) is 6.49. The summed E-state index contributed by atoms with van der Waals surface area (Å²) in [5.41, 5.74) is 3.03. The summed E-state index contributed by atoms with van der Waals surface area (Å²) in [6, 6.07) is 15.5. The fraction of sp³-hybridized carbons (Fsp3) is 0.300. The molecule has 0 aliphatic carbocycles. The summed E-state index contributed by atoms with van der Waals surface area (Å²) < 4.78 is 5.80. The van der Waals surface area contributed by atoms with Crippen molar-refractivity contribution in [1.82, 2.24) is 5.32 Å². The number of hydrogen-bond donors (Lipinski definition) is 1. The van der Waals surface area contributed by atoms with Crippen LogP contribution in [-0.4, -0.2) is 44.6 Å². The normalized spacial score (nSPS) is 18.0. The third-order valence-corrected chi connectivity index (χ3v) is 4.91. The van der Waals surface area contributed by atoms with Crippen molar-refractivity contribution >= 4 is 23.2 Å². The van der Waals surface area contributed by atoms with E-state index in [4.69, 9.17) is 4.74 Å². The Bertz CT molecular complexity index is 852. The summed E-state index contributed by atoms with van der Waals surface area (Å²) in [4.78, 5) is 28.8. The number of nitrogens with zero attached hydrogens (tertiary/aromatic N) is 2. The van der Waals surface area contributed by atoms with E-state index in [-0.39, 0.29) is 18.4 Å². The quantitative estimate of drug-likeness (QED) is 0.912. The summed E-state index contributed by atoms with van der Waals surface area (Å²) in [5.74, 6) is 0.466. The van der Waals surface area contributed by atoms with Gasteiger partial charge in [0, 0.05) is 19.3 Å². The smallest absolute Gasteiger partial charge is 0.262 e. The monoisotopic (exact) mass is 351 g/mol. The predicted octanol–water partition coefficient (Wildman–Crippen LogP) is 1.59. The number of carbonyl (C=O) groups is 2. The summed E-state index contributed by atoms with van der Waals surface area (Å²) in [5, 5.41) is 2.62. The van der Waals surface area contributed by atoms with Gasteiger partial charge in [-0.2, -0.15) is 0 Å². The lowest BCUT2D eigenvalue weighted by atomic mass is 10.1. The van der Waals surface area contributed by atoms with Gasteiger partial charge in [-0.15, -0.1) is 0 Å². The van der Waals surface area contributed by atoms with E-state index in [2.05, 4.69) is 11.4 Å². The highest BCUT2D eigenvalue weighted by atomic mass is 16.5. The first kappa shape index (κ1) is 16.4. The van der Waals surface area contributed by atoms with Crippen molar-refractivity contribution in [2.24, 2.45) is 0 Å². The Morgan fingerprint density at radius 2 is 1.85 bits per heavy atom. The fourth-order valence-corrected chi connectivity index (χ4v) is 3.60. The van der Waals surface area contributed by atoms with Crippen LogP contribution in [0.5, 0.6) is 5.75 Å². The zero-order valence-corrected chi connectivity index (χ0v) is 14.6. The first-order chi connectivity index (χ1) is 12.7. The van der Waals surface area contributed by atoms with Crippen LogP contribution in [0.25, 0.3) is 0 Å². The van der Waals surface area contributed by atoms with Gasteiger partial charge in [0.1, 0.15) is 5.75 Å². The van der Waals surface area contributed by atoms with Crippen LogP contribution in [0.3, 0.4) is 0 Å². The molecule has 0 bridgehead atoms. The Kier molecular flexibility index (Phi) is 4.24. The largest absolute Gasteiger partial charge is 0.477 e. The zero-order valence-electron chi connectivity index (χ0n) is 14.6. The van der Waals surface area contributed by atoms with E-state index in [1.807, 2.05) is 52.3 Å². The molecule has 0 saturated heterocycles. The number of hydrogen-bond acceptors (Lipinski definition) is 4. The van der Waals surface area contributed by atoms with Gasteiger partial charge in [-0.25, -0.2) is 0 Å². The molecule has 1 N–H and O–H groups in total. The summed E-state index contributed by atoms with van der Waals surface area (Å²) in [6.07, 6.45) is 0.246. The van der Waals surface area contributed by atoms with Crippen LogP contribution in [0.2, 0.25) is 0 Å². The van der Waals surface area contributed by atoms with Crippen molar-refractivity contribution in [3.05, 3.63) is 54.1 Å². The average Bonchev–Trinajstić information content (AvgIpc) is 3.11. The van der Waals surface area contributed by atoms with Crippen LogP contribution in [0.15, 0.2) is 48.5 Å². The highest BCUT2D eigenvalue weighted by Gasteiger charge is 2.33. The van der Waals surface area contributed by atoms with Crippen molar-refractivity contribution < 1.29 is 14.3 Å². The van der Waals surface area contributed by atoms with Crippen LogP contribution >= 0.6 is 0 Å². The second kappa shape index (κ2) is 6.71.